The molecule has 0 saturated heterocycles. The van der Waals surface area contributed by atoms with Gasteiger partial charge in [0.25, 0.3) is 0 Å². The van der Waals surface area contributed by atoms with E-state index in [9.17, 15) is 0 Å². The number of pyridine rings is 1. The van der Waals surface area contributed by atoms with E-state index in [-0.39, 0.29) is 6.04 Å². The third-order valence-electron chi connectivity index (χ3n) is 2.58. The van der Waals surface area contributed by atoms with Gasteiger partial charge in [0.05, 0.1) is 17.7 Å². The third-order valence-corrected chi connectivity index (χ3v) is 4.10. The smallest absolute Gasteiger partial charge is 0.132 e. The fraction of sp³-hybridized carbons (Fsp3) is 0.308. The van der Waals surface area contributed by atoms with Gasteiger partial charge in [-0.3, -0.25) is 0 Å². The molecule has 0 fully saturated rings. The average molecular weight is 293 g/mol. The third kappa shape index (κ3) is 3.43. The van der Waals surface area contributed by atoms with Crippen LogP contribution < -0.4 is 5.32 Å². The first-order valence-electron chi connectivity index (χ1n) is 5.91. The molecular weight excluding hydrogens is 280 g/mol. The van der Waals surface area contributed by atoms with Crippen molar-refractivity contribution in [3.05, 3.63) is 38.9 Å². The topological polar surface area (TPSA) is 61.6 Å². The van der Waals surface area contributed by atoms with E-state index in [0.717, 1.165) is 11.4 Å². The van der Waals surface area contributed by atoms with E-state index >= 15 is 0 Å². The first kappa shape index (κ1) is 13.8. The summed E-state index contributed by atoms with van der Waals surface area (Å²) in [5, 5.41) is 13.4. The van der Waals surface area contributed by atoms with Gasteiger partial charge in [-0.25, -0.2) is 9.97 Å². The molecule has 0 amide bonds. The molecule has 0 bridgehead atoms. The highest BCUT2D eigenvalue weighted by Crippen LogP contribution is 2.24. The van der Waals surface area contributed by atoms with Gasteiger partial charge >= 0.3 is 0 Å². The molecule has 98 valence electrons. The van der Waals surface area contributed by atoms with Crippen LogP contribution >= 0.6 is 22.9 Å². The van der Waals surface area contributed by atoms with Crippen molar-refractivity contribution in [2.75, 3.05) is 5.32 Å². The quantitative estimate of drug-likeness (QED) is 0.871. The minimum Gasteiger partial charge on any atom is -0.361 e. The maximum Gasteiger partial charge on any atom is 0.132 e. The highest BCUT2D eigenvalue weighted by molar-refractivity contribution is 7.11. The van der Waals surface area contributed by atoms with Gasteiger partial charge < -0.3 is 5.32 Å². The summed E-state index contributed by atoms with van der Waals surface area (Å²) >= 11 is 7.54. The minimum atomic E-state index is 0.0304. The summed E-state index contributed by atoms with van der Waals surface area (Å²) in [7, 11) is 0. The van der Waals surface area contributed by atoms with E-state index in [1.165, 1.54) is 10.9 Å². The Balaban J connectivity index is 2.16. The number of hydrogen-bond acceptors (Lipinski definition) is 5. The molecule has 2 rings (SSSR count). The van der Waals surface area contributed by atoms with Crippen molar-refractivity contribution in [2.45, 2.75) is 26.3 Å². The number of hydrogen-bond donors (Lipinski definition) is 1. The van der Waals surface area contributed by atoms with Crippen LogP contribution in [0.25, 0.3) is 0 Å². The lowest BCUT2D eigenvalue weighted by Gasteiger charge is -2.12. The molecule has 1 unspecified atom stereocenters. The van der Waals surface area contributed by atoms with Crippen LogP contribution in [0.3, 0.4) is 0 Å². The number of nitriles is 1. The normalized spacial score (nSPS) is 11.9. The Morgan fingerprint density at radius 2 is 2.32 bits per heavy atom. The zero-order valence-electron chi connectivity index (χ0n) is 10.6. The van der Waals surface area contributed by atoms with E-state index in [4.69, 9.17) is 16.9 Å². The van der Waals surface area contributed by atoms with E-state index in [0.29, 0.717) is 16.5 Å². The van der Waals surface area contributed by atoms with Crippen LogP contribution in [0.5, 0.6) is 0 Å². The number of rotatable bonds is 4. The molecular formula is C13H13ClN4S. The van der Waals surface area contributed by atoms with Gasteiger partial charge in [-0.05, 0) is 25.5 Å². The first-order chi connectivity index (χ1) is 9.12. The molecule has 1 N–H and O–H groups in total. The highest BCUT2D eigenvalue weighted by atomic mass is 35.5. The van der Waals surface area contributed by atoms with Crippen LogP contribution in [0, 0.1) is 11.3 Å². The number of aromatic nitrogens is 2. The van der Waals surface area contributed by atoms with E-state index in [1.807, 2.05) is 13.1 Å². The van der Waals surface area contributed by atoms with E-state index in [1.54, 1.807) is 17.4 Å². The first-order valence-corrected chi connectivity index (χ1v) is 7.10. The molecule has 4 nitrogen and oxygen atoms in total. The van der Waals surface area contributed by atoms with Crippen LogP contribution in [-0.4, -0.2) is 9.97 Å². The molecule has 2 heterocycles. The number of thiazole rings is 1. The van der Waals surface area contributed by atoms with Crippen molar-refractivity contribution in [2.24, 2.45) is 0 Å². The molecule has 0 aliphatic rings. The van der Waals surface area contributed by atoms with E-state index < -0.39 is 0 Å². The molecule has 2 aromatic rings. The SMILES string of the molecule is CCc1cnc(C(C)Nc2cc(C#N)cc(Cl)n2)s1. The molecule has 0 radical (unpaired) electrons. The second-order valence-corrected chi connectivity index (χ2v) is 5.59. The second-order valence-electron chi connectivity index (χ2n) is 4.06. The summed E-state index contributed by atoms with van der Waals surface area (Å²) < 4.78 is 0. The van der Waals surface area contributed by atoms with Crippen LogP contribution in [0.1, 0.15) is 35.3 Å². The lowest BCUT2D eigenvalue weighted by atomic mass is 10.2. The summed E-state index contributed by atoms with van der Waals surface area (Å²) in [6.07, 6.45) is 2.88. The van der Waals surface area contributed by atoms with Crippen molar-refractivity contribution in [1.29, 1.82) is 5.26 Å². The number of halogens is 1. The fourth-order valence-electron chi connectivity index (χ4n) is 1.61. The van der Waals surface area contributed by atoms with Crippen LogP contribution in [0.15, 0.2) is 18.3 Å². The molecule has 0 aliphatic carbocycles. The van der Waals surface area contributed by atoms with Gasteiger partial charge in [0.2, 0.25) is 0 Å². The molecule has 1 atom stereocenters. The molecule has 19 heavy (non-hydrogen) atoms. The van der Waals surface area contributed by atoms with Crippen molar-refractivity contribution < 1.29 is 0 Å². The predicted molar refractivity (Wildman–Crippen MR) is 77.5 cm³/mol. The summed E-state index contributed by atoms with van der Waals surface area (Å²) in [5.41, 5.74) is 0.489. The van der Waals surface area contributed by atoms with Crippen LogP contribution in [-0.2, 0) is 6.42 Å². The fourth-order valence-corrected chi connectivity index (χ4v) is 2.67. The van der Waals surface area contributed by atoms with Crippen LogP contribution in [0.4, 0.5) is 5.82 Å². The second kappa shape index (κ2) is 6.00. The number of nitrogens with zero attached hydrogens (tertiary/aromatic N) is 3. The van der Waals surface area contributed by atoms with Gasteiger partial charge in [-0.2, -0.15) is 5.26 Å². The highest BCUT2D eigenvalue weighted by Gasteiger charge is 2.11. The molecule has 0 aliphatic heterocycles. The maximum absolute atomic E-state index is 8.90. The molecule has 6 heteroatoms. The summed E-state index contributed by atoms with van der Waals surface area (Å²) in [5.74, 6) is 0.588. The van der Waals surface area contributed by atoms with Crippen molar-refractivity contribution >= 4 is 28.8 Å². The largest absolute Gasteiger partial charge is 0.361 e. The number of aryl methyl sites for hydroxylation is 1. The Bertz CT molecular complexity index is 617. The van der Waals surface area contributed by atoms with Crippen molar-refractivity contribution in [3.63, 3.8) is 0 Å². The molecule has 0 aromatic carbocycles. The van der Waals surface area contributed by atoms with Gasteiger partial charge in [0.1, 0.15) is 16.0 Å². The molecule has 0 saturated carbocycles. The summed E-state index contributed by atoms with van der Waals surface area (Å²) in [4.78, 5) is 9.78. The van der Waals surface area contributed by atoms with Crippen molar-refractivity contribution in [3.8, 4) is 6.07 Å². The Morgan fingerprint density at radius 1 is 1.53 bits per heavy atom. The van der Waals surface area contributed by atoms with Crippen molar-refractivity contribution in [1.82, 2.24) is 9.97 Å². The predicted octanol–water partition coefficient (Wildman–Crippen LogP) is 3.80. The monoisotopic (exact) mass is 292 g/mol. The summed E-state index contributed by atoms with van der Waals surface area (Å²) in [6, 6.07) is 5.30. The van der Waals surface area contributed by atoms with E-state index in [2.05, 4.69) is 28.3 Å². The Kier molecular flexibility index (Phi) is 4.35. The average Bonchev–Trinajstić information content (AvgIpc) is 2.86. The van der Waals surface area contributed by atoms with Gasteiger partial charge in [0, 0.05) is 11.1 Å². The number of anilines is 1. The summed E-state index contributed by atoms with van der Waals surface area (Å²) in [6.45, 7) is 4.11. The number of nitrogens with one attached hydrogen (secondary N) is 1. The lowest BCUT2D eigenvalue weighted by Crippen LogP contribution is -2.07. The van der Waals surface area contributed by atoms with Gasteiger partial charge in [-0.1, -0.05) is 18.5 Å². The zero-order valence-corrected chi connectivity index (χ0v) is 12.2. The Labute approximate surface area is 121 Å². The molecule has 0 spiro atoms. The Hall–Kier alpha value is -1.64. The van der Waals surface area contributed by atoms with Crippen LogP contribution in [0.2, 0.25) is 5.15 Å². The Morgan fingerprint density at radius 3 is 2.95 bits per heavy atom. The minimum absolute atomic E-state index is 0.0304. The van der Waals surface area contributed by atoms with Gasteiger partial charge in [0.15, 0.2) is 0 Å². The van der Waals surface area contributed by atoms with Gasteiger partial charge in [-0.15, -0.1) is 11.3 Å². The zero-order chi connectivity index (χ0) is 13.8. The standard InChI is InChI=1S/C13H13ClN4S/c1-3-10-7-16-13(19-10)8(2)17-12-5-9(6-15)4-11(14)18-12/h4-5,7-8H,3H2,1-2H3,(H,17,18). The lowest BCUT2D eigenvalue weighted by molar-refractivity contribution is 0.860. The molecule has 2 aromatic heterocycles. The maximum atomic E-state index is 8.90.